The fraction of sp³-hybridized carbons (Fsp3) is 0.200. The molecule has 1 aromatic carbocycles. The van der Waals surface area contributed by atoms with Gasteiger partial charge < -0.3 is 5.73 Å². The summed E-state index contributed by atoms with van der Waals surface area (Å²) in [6, 6.07) is 7.64. The van der Waals surface area contributed by atoms with E-state index in [1.165, 1.54) is 11.3 Å². The molecule has 3 nitrogen and oxygen atoms in total. The lowest BCUT2D eigenvalue weighted by Gasteiger charge is -2.05. The average molecular weight is 304 g/mol. The monoisotopic (exact) mass is 303 g/mol. The predicted octanol–water partition coefficient (Wildman–Crippen LogP) is 4.72. The molecule has 2 heterocycles. The van der Waals surface area contributed by atoms with Gasteiger partial charge >= 0.3 is 0 Å². The summed E-state index contributed by atoms with van der Waals surface area (Å²) in [5.41, 5.74) is 8.72. The normalized spacial score (nSPS) is 11.4. The number of rotatable bonds is 2. The standard InChI is InChI=1S/C15H14ClN3S/c1-8(2)15-19-13(14(17)20-15)10-5-6-11(16)9-4-3-7-18-12(9)10/h3-8H,17H2,1-2H3. The molecule has 0 aliphatic rings. The number of anilines is 1. The number of thiazole rings is 1. The lowest BCUT2D eigenvalue weighted by Crippen LogP contribution is -1.90. The van der Waals surface area contributed by atoms with Gasteiger partial charge in [0, 0.05) is 23.1 Å². The van der Waals surface area contributed by atoms with Gasteiger partial charge in [0.1, 0.15) is 10.7 Å². The van der Waals surface area contributed by atoms with Gasteiger partial charge in [0.25, 0.3) is 0 Å². The fourth-order valence-corrected chi connectivity index (χ4v) is 3.18. The Morgan fingerprint density at radius 2 is 2.05 bits per heavy atom. The van der Waals surface area contributed by atoms with Crippen molar-refractivity contribution in [3.8, 4) is 11.3 Å². The Bertz CT molecular complexity index is 780. The molecule has 2 aromatic heterocycles. The number of hydrogen-bond acceptors (Lipinski definition) is 4. The van der Waals surface area contributed by atoms with Gasteiger partial charge in [-0.1, -0.05) is 25.4 Å². The topological polar surface area (TPSA) is 51.8 Å². The van der Waals surface area contributed by atoms with Gasteiger partial charge in [0.15, 0.2) is 0 Å². The molecule has 0 aliphatic heterocycles. The van der Waals surface area contributed by atoms with Crippen molar-refractivity contribution in [1.82, 2.24) is 9.97 Å². The summed E-state index contributed by atoms with van der Waals surface area (Å²) < 4.78 is 0. The van der Waals surface area contributed by atoms with Crippen LogP contribution in [0, 0.1) is 0 Å². The van der Waals surface area contributed by atoms with Crippen molar-refractivity contribution in [2.75, 3.05) is 5.73 Å². The quantitative estimate of drug-likeness (QED) is 0.745. The fourth-order valence-electron chi connectivity index (χ4n) is 2.12. The van der Waals surface area contributed by atoms with E-state index in [1.807, 2.05) is 24.3 Å². The highest BCUT2D eigenvalue weighted by atomic mass is 35.5. The zero-order valence-electron chi connectivity index (χ0n) is 11.2. The lowest BCUT2D eigenvalue weighted by molar-refractivity contribution is 0.854. The molecule has 0 saturated carbocycles. The minimum Gasteiger partial charge on any atom is -0.389 e. The van der Waals surface area contributed by atoms with E-state index in [1.54, 1.807) is 6.20 Å². The summed E-state index contributed by atoms with van der Waals surface area (Å²) in [6.07, 6.45) is 1.76. The van der Waals surface area contributed by atoms with Crippen LogP contribution in [-0.4, -0.2) is 9.97 Å². The molecule has 0 amide bonds. The summed E-state index contributed by atoms with van der Waals surface area (Å²) in [5.74, 6) is 0.363. The number of nitrogens with zero attached hydrogens (tertiary/aromatic N) is 2. The molecule has 20 heavy (non-hydrogen) atoms. The lowest BCUT2D eigenvalue weighted by atomic mass is 10.1. The first-order chi connectivity index (χ1) is 9.58. The van der Waals surface area contributed by atoms with Crippen LogP contribution < -0.4 is 5.73 Å². The molecule has 0 fully saturated rings. The van der Waals surface area contributed by atoms with Gasteiger partial charge in [0.05, 0.1) is 15.5 Å². The van der Waals surface area contributed by atoms with E-state index >= 15 is 0 Å². The van der Waals surface area contributed by atoms with Crippen LogP contribution in [0.3, 0.4) is 0 Å². The van der Waals surface area contributed by atoms with Crippen molar-refractivity contribution < 1.29 is 0 Å². The van der Waals surface area contributed by atoms with Gasteiger partial charge in [-0.05, 0) is 24.3 Å². The van der Waals surface area contributed by atoms with Gasteiger partial charge in [-0.25, -0.2) is 4.98 Å². The van der Waals surface area contributed by atoms with Crippen LogP contribution in [0.2, 0.25) is 5.02 Å². The molecule has 0 atom stereocenters. The van der Waals surface area contributed by atoms with E-state index < -0.39 is 0 Å². The number of pyridine rings is 1. The van der Waals surface area contributed by atoms with Crippen molar-refractivity contribution in [3.05, 3.63) is 40.5 Å². The highest BCUT2D eigenvalue weighted by Crippen LogP contribution is 2.38. The second kappa shape index (κ2) is 5.04. The molecule has 3 aromatic rings. The Kier molecular flexibility index (Phi) is 3.36. The van der Waals surface area contributed by atoms with Crippen LogP contribution in [-0.2, 0) is 0 Å². The van der Waals surface area contributed by atoms with E-state index in [4.69, 9.17) is 17.3 Å². The Morgan fingerprint density at radius 3 is 2.75 bits per heavy atom. The predicted molar refractivity (Wildman–Crippen MR) is 86.4 cm³/mol. The zero-order valence-corrected chi connectivity index (χ0v) is 12.8. The molecule has 5 heteroatoms. The van der Waals surface area contributed by atoms with Crippen molar-refractivity contribution in [2.45, 2.75) is 19.8 Å². The number of halogens is 1. The zero-order chi connectivity index (χ0) is 14.3. The summed E-state index contributed by atoms with van der Waals surface area (Å²) in [5, 5.41) is 3.37. The van der Waals surface area contributed by atoms with Crippen molar-refractivity contribution in [1.29, 1.82) is 0 Å². The number of benzene rings is 1. The molecule has 0 spiro atoms. The number of nitrogens with two attached hydrogens (primary N) is 1. The van der Waals surface area contributed by atoms with Crippen LogP contribution in [0.1, 0.15) is 24.8 Å². The van der Waals surface area contributed by atoms with Crippen molar-refractivity contribution >= 4 is 38.8 Å². The highest BCUT2D eigenvalue weighted by Gasteiger charge is 2.16. The Morgan fingerprint density at radius 1 is 1.25 bits per heavy atom. The summed E-state index contributed by atoms with van der Waals surface area (Å²) in [4.78, 5) is 9.11. The summed E-state index contributed by atoms with van der Waals surface area (Å²) >= 11 is 7.76. The summed E-state index contributed by atoms with van der Waals surface area (Å²) in [6.45, 7) is 4.22. The molecule has 0 saturated heterocycles. The number of fused-ring (bicyclic) bond motifs is 1. The van der Waals surface area contributed by atoms with Crippen LogP contribution in [0.15, 0.2) is 30.5 Å². The van der Waals surface area contributed by atoms with Gasteiger partial charge in [-0.2, -0.15) is 0 Å². The molecule has 0 radical (unpaired) electrons. The van der Waals surface area contributed by atoms with E-state index in [-0.39, 0.29) is 0 Å². The molecule has 3 rings (SSSR count). The molecule has 102 valence electrons. The number of aromatic nitrogens is 2. The third-order valence-electron chi connectivity index (χ3n) is 3.14. The Hall–Kier alpha value is -1.65. The third kappa shape index (κ3) is 2.15. The molecule has 2 N–H and O–H groups in total. The van der Waals surface area contributed by atoms with Gasteiger partial charge in [-0.3, -0.25) is 4.98 Å². The number of hydrogen-bond donors (Lipinski definition) is 1. The largest absolute Gasteiger partial charge is 0.389 e. The van der Waals surface area contributed by atoms with Crippen molar-refractivity contribution in [2.24, 2.45) is 0 Å². The van der Waals surface area contributed by atoms with E-state index in [0.717, 1.165) is 32.2 Å². The van der Waals surface area contributed by atoms with Crippen LogP contribution in [0.5, 0.6) is 0 Å². The smallest absolute Gasteiger partial charge is 0.114 e. The molecule has 0 bridgehead atoms. The van der Waals surface area contributed by atoms with E-state index in [0.29, 0.717) is 10.9 Å². The van der Waals surface area contributed by atoms with E-state index in [9.17, 15) is 0 Å². The maximum atomic E-state index is 6.22. The second-order valence-corrected chi connectivity index (χ2v) is 6.38. The molecular formula is C15H14ClN3S. The van der Waals surface area contributed by atoms with Crippen LogP contribution in [0.4, 0.5) is 5.00 Å². The summed E-state index contributed by atoms with van der Waals surface area (Å²) in [7, 11) is 0. The Labute approximate surface area is 126 Å². The van der Waals surface area contributed by atoms with Crippen LogP contribution >= 0.6 is 22.9 Å². The highest BCUT2D eigenvalue weighted by molar-refractivity contribution is 7.16. The maximum Gasteiger partial charge on any atom is 0.114 e. The molecule has 0 unspecified atom stereocenters. The van der Waals surface area contributed by atoms with E-state index in [2.05, 4.69) is 23.8 Å². The first-order valence-corrected chi connectivity index (χ1v) is 7.57. The van der Waals surface area contributed by atoms with Gasteiger partial charge in [-0.15, -0.1) is 11.3 Å². The second-order valence-electron chi connectivity index (χ2n) is 4.91. The molecular weight excluding hydrogens is 290 g/mol. The molecule has 0 aliphatic carbocycles. The SMILES string of the molecule is CC(C)c1nc(-c2ccc(Cl)c3cccnc23)c(N)s1. The average Bonchev–Trinajstić information content (AvgIpc) is 2.82. The third-order valence-corrected chi connectivity index (χ3v) is 4.65. The first kappa shape index (κ1) is 13.3. The first-order valence-electron chi connectivity index (χ1n) is 6.37. The minimum absolute atomic E-state index is 0.363. The van der Waals surface area contributed by atoms with Gasteiger partial charge in [0.2, 0.25) is 0 Å². The maximum absolute atomic E-state index is 6.22. The number of nitrogen functional groups attached to an aromatic ring is 1. The van der Waals surface area contributed by atoms with Crippen LogP contribution in [0.25, 0.3) is 22.2 Å². The van der Waals surface area contributed by atoms with Crippen molar-refractivity contribution in [3.63, 3.8) is 0 Å². The minimum atomic E-state index is 0.363. The Balaban J connectivity index is 2.27.